The van der Waals surface area contributed by atoms with Crippen LogP contribution >= 0.6 is 0 Å². The summed E-state index contributed by atoms with van der Waals surface area (Å²) in [7, 11) is 0. The summed E-state index contributed by atoms with van der Waals surface area (Å²) in [6.45, 7) is 3.00. The lowest BCUT2D eigenvalue weighted by Crippen LogP contribution is -2.62. The topological polar surface area (TPSA) is 9.23 Å². The molecule has 0 saturated carbocycles. The highest BCUT2D eigenvalue weighted by atomic mass is 19.4. The van der Waals surface area contributed by atoms with Crippen LogP contribution in [0.25, 0.3) is 0 Å². The lowest BCUT2D eigenvalue weighted by atomic mass is 9.99. The molecule has 21 heavy (non-hydrogen) atoms. The number of allylic oxidation sites excluding steroid dienone is 1. The average Bonchev–Trinajstić information content (AvgIpc) is 2.37. The lowest BCUT2D eigenvalue weighted by molar-refractivity contribution is -0.362. The second-order valence-corrected chi connectivity index (χ2v) is 4.71. The fraction of sp³-hybridized carbons (Fsp3) is 0.833. The van der Waals surface area contributed by atoms with Crippen molar-refractivity contribution >= 4 is 0 Å². The van der Waals surface area contributed by atoms with Crippen LogP contribution in [-0.2, 0) is 4.74 Å². The van der Waals surface area contributed by atoms with Crippen LogP contribution in [0.3, 0.4) is 0 Å². The Hall–Kier alpha value is -0.860. The molecule has 0 fully saturated rings. The van der Waals surface area contributed by atoms with Crippen molar-refractivity contribution in [3.05, 3.63) is 12.7 Å². The van der Waals surface area contributed by atoms with Crippen LogP contribution in [0.2, 0.25) is 0 Å². The van der Waals surface area contributed by atoms with E-state index in [0.29, 0.717) is 6.42 Å². The minimum Gasteiger partial charge on any atom is -0.375 e. The number of hydrogen-bond donors (Lipinski definition) is 0. The first-order valence-corrected chi connectivity index (χ1v) is 5.99. The van der Waals surface area contributed by atoms with E-state index >= 15 is 0 Å². The third kappa shape index (κ3) is 3.87. The molecular weight excluding hydrogens is 312 g/mol. The zero-order chi connectivity index (χ0) is 17.1. The van der Waals surface area contributed by atoms with Gasteiger partial charge in [0.1, 0.15) is 6.61 Å². The normalized spacial score (nSPS) is 15.9. The summed E-state index contributed by atoms with van der Waals surface area (Å²) in [6, 6.07) is 0. The molecule has 0 N–H and O–H groups in total. The van der Waals surface area contributed by atoms with E-state index in [0.717, 1.165) is 0 Å². The predicted octanol–water partition coefficient (Wildman–Crippen LogP) is 4.78. The molecule has 1 nitrogen and oxygen atoms in total. The molecule has 0 amide bonds. The molecule has 0 aliphatic rings. The molecule has 0 spiro atoms. The zero-order valence-corrected chi connectivity index (χ0v) is 11.4. The Morgan fingerprint density at radius 1 is 1.00 bits per heavy atom. The molecule has 0 bridgehead atoms. The van der Waals surface area contributed by atoms with Crippen molar-refractivity contribution in [2.45, 2.75) is 44.0 Å². The Bertz CT molecular complexity index is 353. The maximum absolute atomic E-state index is 13.2. The third-order valence-corrected chi connectivity index (χ3v) is 2.91. The number of rotatable bonds is 9. The monoisotopic (exact) mass is 328 g/mol. The highest BCUT2D eigenvalue weighted by Crippen LogP contribution is 2.52. The third-order valence-electron chi connectivity index (χ3n) is 2.91. The zero-order valence-electron chi connectivity index (χ0n) is 11.4. The van der Waals surface area contributed by atoms with Gasteiger partial charge >= 0.3 is 23.7 Å². The van der Waals surface area contributed by atoms with Gasteiger partial charge in [-0.1, -0.05) is 26.8 Å². The molecule has 1 atom stereocenters. The van der Waals surface area contributed by atoms with E-state index in [1.165, 1.54) is 0 Å². The molecule has 0 aromatic heterocycles. The molecule has 0 aromatic carbocycles. The summed E-state index contributed by atoms with van der Waals surface area (Å²) in [5.41, 5.74) is 0. The van der Waals surface area contributed by atoms with Crippen molar-refractivity contribution in [1.82, 2.24) is 0 Å². The van der Waals surface area contributed by atoms with Crippen molar-refractivity contribution in [2.75, 3.05) is 13.2 Å². The first-order valence-electron chi connectivity index (χ1n) is 5.99. The van der Waals surface area contributed by atoms with Gasteiger partial charge in [-0.3, -0.25) is 0 Å². The smallest absolute Gasteiger partial charge is 0.375 e. The highest BCUT2D eigenvalue weighted by molar-refractivity contribution is 5.09. The SMILES string of the molecule is C=CC(F)(F)C(F)(F)C(F)(F)C(F)(F)COCC(C)CC. The average molecular weight is 328 g/mol. The van der Waals surface area contributed by atoms with Gasteiger partial charge < -0.3 is 4.74 Å². The van der Waals surface area contributed by atoms with Crippen LogP contribution in [0.4, 0.5) is 35.1 Å². The first-order chi connectivity index (χ1) is 9.27. The van der Waals surface area contributed by atoms with Gasteiger partial charge in [0.25, 0.3) is 0 Å². The van der Waals surface area contributed by atoms with Gasteiger partial charge in [0.05, 0.1) is 0 Å². The van der Waals surface area contributed by atoms with Gasteiger partial charge in [-0.2, -0.15) is 35.1 Å². The second-order valence-electron chi connectivity index (χ2n) is 4.71. The van der Waals surface area contributed by atoms with Gasteiger partial charge in [0, 0.05) is 6.61 Å². The van der Waals surface area contributed by atoms with Crippen molar-refractivity contribution in [3.63, 3.8) is 0 Å². The molecule has 0 aromatic rings. The van der Waals surface area contributed by atoms with Crippen molar-refractivity contribution in [2.24, 2.45) is 5.92 Å². The molecule has 0 aliphatic carbocycles. The number of hydrogen-bond acceptors (Lipinski definition) is 1. The Labute approximate surface area is 117 Å². The maximum atomic E-state index is 13.2. The Morgan fingerprint density at radius 2 is 1.48 bits per heavy atom. The summed E-state index contributed by atoms with van der Waals surface area (Å²) in [4.78, 5) is 0. The molecule has 0 saturated heterocycles. The van der Waals surface area contributed by atoms with Crippen molar-refractivity contribution < 1.29 is 39.9 Å². The van der Waals surface area contributed by atoms with E-state index < -0.39 is 36.4 Å². The summed E-state index contributed by atoms with van der Waals surface area (Å²) in [5, 5.41) is 0. The fourth-order valence-corrected chi connectivity index (χ4v) is 1.16. The molecular formula is C12H16F8O. The minimum atomic E-state index is -6.30. The number of alkyl halides is 8. The summed E-state index contributed by atoms with van der Waals surface area (Å²) >= 11 is 0. The van der Waals surface area contributed by atoms with Crippen LogP contribution in [0.15, 0.2) is 12.7 Å². The van der Waals surface area contributed by atoms with Crippen LogP contribution in [0.5, 0.6) is 0 Å². The number of ether oxygens (including phenoxy) is 1. The quantitative estimate of drug-likeness (QED) is 0.437. The van der Waals surface area contributed by atoms with Crippen molar-refractivity contribution in [3.8, 4) is 0 Å². The molecule has 0 radical (unpaired) electrons. The van der Waals surface area contributed by atoms with E-state index in [2.05, 4.69) is 11.3 Å². The summed E-state index contributed by atoms with van der Waals surface area (Å²) < 4.78 is 108. The van der Waals surface area contributed by atoms with Gasteiger partial charge in [0.15, 0.2) is 0 Å². The van der Waals surface area contributed by atoms with E-state index in [1.807, 2.05) is 0 Å². The van der Waals surface area contributed by atoms with Gasteiger partial charge in [-0.05, 0) is 12.0 Å². The Kier molecular flexibility index (Phi) is 6.23. The van der Waals surface area contributed by atoms with Crippen LogP contribution in [-0.4, -0.2) is 36.9 Å². The largest absolute Gasteiger partial charge is 0.382 e. The summed E-state index contributed by atoms with van der Waals surface area (Å²) in [5.74, 6) is -23.8. The van der Waals surface area contributed by atoms with E-state index in [1.54, 1.807) is 13.8 Å². The summed E-state index contributed by atoms with van der Waals surface area (Å²) in [6.07, 6.45) is -0.316. The predicted molar refractivity (Wildman–Crippen MR) is 60.3 cm³/mol. The van der Waals surface area contributed by atoms with E-state index in [4.69, 9.17) is 0 Å². The molecule has 0 rings (SSSR count). The molecule has 0 heterocycles. The highest BCUT2D eigenvalue weighted by Gasteiger charge is 2.79. The standard InChI is InChI=1S/C12H16F8O/c1-4-8(3)6-21-7-10(15,16)12(19,20)11(17,18)9(13,14)5-2/h5,8H,2,4,6-7H2,1,3H3. The lowest BCUT2D eigenvalue weighted by Gasteiger charge is -2.35. The second kappa shape index (κ2) is 6.50. The van der Waals surface area contributed by atoms with Gasteiger partial charge in [0.2, 0.25) is 0 Å². The number of halogens is 8. The molecule has 0 aliphatic heterocycles. The van der Waals surface area contributed by atoms with Crippen LogP contribution < -0.4 is 0 Å². The van der Waals surface area contributed by atoms with Crippen molar-refractivity contribution in [1.29, 1.82) is 0 Å². The minimum absolute atomic E-state index is 0.274. The van der Waals surface area contributed by atoms with Crippen LogP contribution in [0, 0.1) is 5.92 Å². The fourth-order valence-electron chi connectivity index (χ4n) is 1.16. The van der Waals surface area contributed by atoms with Gasteiger partial charge in [-0.15, -0.1) is 0 Å². The van der Waals surface area contributed by atoms with E-state index in [9.17, 15) is 35.1 Å². The Morgan fingerprint density at radius 3 is 1.86 bits per heavy atom. The van der Waals surface area contributed by atoms with E-state index in [-0.39, 0.29) is 12.5 Å². The van der Waals surface area contributed by atoms with Gasteiger partial charge in [-0.25, -0.2) is 0 Å². The first kappa shape index (κ1) is 20.1. The maximum Gasteiger partial charge on any atom is 0.382 e. The molecule has 9 heteroatoms. The van der Waals surface area contributed by atoms with Crippen LogP contribution in [0.1, 0.15) is 20.3 Å². The Balaban J connectivity index is 5.14. The molecule has 126 valence electrons. The molecule has 1 unspecified atom stereocenters.